The van der Waals surface area contributed by atoms with Crippen molar-refractivity contribution in [1.82, 2.24) is 9.80 Å². The van der Waals surface area contributed by atoms with E-state index in [9.17, 15) is 14.7 Å². The molecule has 1 heterocycles. The molecule has 0 saturated carbocycles. The van der Waals surface area contributed by atoms with Crippen LogP contribution in [-0.2, 0) is 9.59 Å². The van der Waals surface area contributed by atoms with Gasteiger partial charge in [0.05, 0.1) is 11.6 Å². The van der Waals surface area contributed by atoms with Gasteiger partial charge in [-0.3, -0.25) is 9.59 Å². The predicted molar refractivity (Wildman–Crippen MR) is 143 cm³/mol. The van der Waals surface area contributed by atoms with Gasteiger partial charge in [0.15, 0.2) is 0 Å². The first-order chi connectivity index (χ1) is 16.9. The van der Waals surface area contributed by atoms with Crippen LogP contribution in [-0.4, -0.2) is 52.8 Å². The van der Waals surface area contributed by atoms with E-state index in [-0.39, 0.29) is 11.3 Å². The Hall–Kier alpha value is -2.34. The van der Waals surface area contributed by atoms with Gasteiger partial charge in [0, 0.05) is 22.2 Å². The van der Waals surface area contributed by atoms with Crippen molar-refractivity contribution in [2.45, 2.75) is 52.0 Å². The number of nitrogens with zero attached hydrogens (tertiary/aromatic N) is 2. The fraction of sp³-hybridized carbons (Fsp3) is 0.429. The van der Waals surface area contributed by atoms with Crippen LogP contribution in [0, 0.1) is 0 Å². The highest BCUT2D eigenvalue weighted by molar-refractivity contribution is 6.47. The first-order valence-corrected chi connectivity index (χ1v) is 13.2. The maximum absolute atomic E-state index is 13.2. The summed E-state index contributed by atoms with van der Waals surface area (Å²) in [5.41, 5.74) is 1.10. The van der Waals surface area contributed by atoms with Crippen molar-refractivity contribution >= 4 is 40.7 Å². The number of likely N-dealkylation sites (tertiary alicyclic amines) is 1. The second kappa shape index (κ2) is 13.1. The molecule has 1 aliphatic rings. The Morgan fingerprint density at radius 2 is 1.57 bits per heavy atom. The molecule has 7 heteroatoms. The minimum atomic E-state index is -0.778. The standard InChI is InChI=1S/C28H34Cl2N2O3/c1-3-5-15-31(16-6-4-2)17-10-18-32-25(22-14-13-21(29)19-23(22)30)24(27(34)28(32)35)26(33)20-11-8-7-9-12-20/h7-9,11-14,19,25,33H,3-6,10,15-18H2,1-2H3/b26-24+. The van der Waals surface area contributed by atoms with Crippen LogP contribution < -0.4 is 0 Å². The number of ketones is 1. The Morgan fingerprint density at radius 3 is 2.17 bits per heavy atom. The lowest BCUT2D eigenvalue weighted by Crippen LogP contribution is -2.34. The van der Waals surface area contributed by atoms with Crippen molar-refractivity contribution in [3.05, 3.63) is 75.3 Å². The van der Waals surface area contributed by atoms with Crippen molar-refractivity contribution < 1.29 is 14.7 Å². The lowest BCUT2D eigenvalue weighted by Gasteiger charge is -2.28. The van der Waals surface area contributed by atoms with Gasteiger partial charge in [0.2, 0.25) is 0 Å². The summed E-state index contributed by atoms with van der Waals surface area (Å²) in [7, 11) is 0. The molecule has 1 aliphatic heterocycles. The van der Waals surface area contributed by atoms with Crippen LogP contribution in [0.3, 0.4) is 0 Å². The highest BCUT2D eigenvalue weighted by Crippen LogP contribution is 2.42. The van der Waals surface area contributed by atoms with Crippen molar-refractivity contribution in [1.29, 1.82) is 0 Å². The second-order valence-electron chi connectivity index (χ2n) is 8.93. The summed E-state index contributed by atoms with van der Waals surface area (Å²) in [6, 6.07) is 13.0. The van der Waals surface area contributed by atoms with Gasteiger partial charge in [-0.25, -0.2) is 0 Å². The molecule has 0 aliphatic carbocycles. The summed E-state index contributed by atoms with van der Waals surface area (Å²) in [6.45, 7) is 7.63. The fourth-order valence-electron chi connectivity index (χ4n) is 4.47. The maximum Gasteiger partial charge on any atom is 0.295 e. The minimum Gasteiger partial charge on any atom is -0.507 e. The Morgan fingerprint density at radius 1 is 0.943 bits per heavy atom. The number of rotatable bonds is 12. The SMILES string of the molecule is CCCCN(CCCC)CCCN1C(=O)C(=O)/C(=C(/O)c2ccccc2)C1c1ccc(Cl)cc1Cl. The highest BCUT2D eigenvalue weighted by atomic mass is 35.5. The summed E-state index contributed by atoms with van der Waals surface area (Å²) >= 11 is 12.7. The Balaban J connectivity index is 1.93. The van der Waals surface area contributed by atoms with Gasteiger partial charge in [-0.05, 0) is 56.6 Å². The van der Waals surface area contributed by atoms with E-state index in [1.807, 2.05) is 6.07 Å². The van der Waals surface area contributed by atoms with Crippen molar-refractivity contribution in [3.8, 4) is 0 Å². The Labute approximate surface area is 218 Å². The number of unbranched alkanes of at least 4 members (excludes halogenated alkanes) is 2. The summed E-state index contributed by atoms with van der Waals surface area (Å²) in [5.74, 6) is -1.52. The minimum absolute atomic E-state index is 0.0549. The van der Waals surface area contributed by atoms with Gasteiger partial charge < -0.3 is 14.9 Å². The van der Waals surface area contributed by atoms with Crippen molar-refractivity contribution in [2.75, 3.05) is 26.2 Å². The Bertz CT molecular complexity index is 1050. The van der Waals surface area contributed by atoms with Crippen molar-refractivity contribution in [2.24, 2.45) is 0 Å². The quantitative estimate of drug-likeness (QED) is 0.193. The topological polar surface area (TPSA) is 60.9 Å². The highest BCUT2D eigenvalue weighted by Gasteiger charge is 2.46. The fourth-order valence-corrected chi connectivity index (χ4v) is 4.98. The smallest absolute Gasteiger partial charge is 0.295 e. The lowest BCUT2D eigenvalue weighted by molar-refractivity contribution is -0.140. The van der Waals surface area contributed by atoms with E-state index in [1.165, 1.54) is 0 Å². The van der Waals surface area contributed by atoms with E-state index in [0.29, 0.717) is 34.1 Å². The molecule has 3 rings (SSSR count). The number of aliphatic hydroxyl groups excluding tert-OH is 1. The number of aliphatic hydroxyl groups is 1. The zero-order chi connectivity index (χ0) is 25.4. The number of amides is 1. The molecule has 188 valence electrons. The normalized spacial score (nSPS) is 17.5. The average Bonchev–Trinajstić information content (AvgIpc) is 3.10. The molecule has 1 atom stereocenters. The molecule has 1 fully saturated rings. The number of hydrogen-bond donors (Lipinski definition) is 1. The first-order valence-electron chi connectivity index (χ1n) is 12.4. The molecule has 2 aromatic rings. The Kier molecular flexibility index (Phi) is 10.2. The molecule has 35 heavy (non-hydrogen) atoms. The molecule has 1 amide bonds. The molecular weight excluding hydrogens is 483 g/mol. The molecular formula is C28H34Cl2N2O3. The molecule has 1 saturated heterocycles. The molecule has 1 unspecified atom stereocenters. The number of halogens is 2. The molecule has 5 nitrogen and oxygen atoms in total. The molecule has 0 radical (unpaired) electrons. The summed E-state index contributed by atoms with van der Waals surface area (Å²) in [5, 5.41) is 11.9. The number of carbonyl (C=O) groups excluding carboxylic acids is 2. The van der Waals surface area contributed by atoms with Crippen LogP contribution in [0.1, 0.15) is 63.1 Å². The van der Waals surface area contributed by atoms with E-state index in [1.54, 1.807) is 47.4 Å². The third-order valence-electron chi connectivity index (χ3n) is 6.37. The van der Waals surface area contributed by atoms with Gasteiger partial charge in [0.1, 0.15) is 5.76 Å². The van der Waals surface area contributed by atoms with Crippen LogP contribution in [0.15, 0.2) is 54.1 Å². The monoisotopic (exact) mass is 516 g/mol. The number of Topliss-reactive ketones (excluding diaryl/α,β-unsaturated/α-hetero) is 1. The van der Waals surface area contributed by atoms with Gasteiger partial charge in [-0.15, -0.1) is 0 Å². The van der Waals surface area contributed by atoms with E-state index < -0.39 is 17.7 Å². The van der Waals surface area contributed by atoms with Crippen LogP contribution in [0.25, 0.3) is 5.76 Å². The van der Waals surface area contributed by atoms with E-state index in [2.05, 4.69) is 18.7 Å². The van der Waals surface area contributed by atoms with Gasteiger partial charge in [-0.2, -0.15) is 0 Å². The third-order valence-corrected chi connectivity index (χ3v) is 6.94. The molecule has 2 aromatic carbocycles. The van der Waals surface area contributed by atoms with E-state index in [4.69, 9.17) is 23.2 Å². The third kappa shape index (κ3) is 6.66. The second-order valence-corrected chi connectivity index (χ2v) is 9.77. The van der Waals surface area contributed by atoms with Gasteiger partial charge in [-0.1, -0.05) is 86.3 Å². The van der Waals surface area contributed by atoms with Crippen LogP contribution >= 0.6 is 23.2 Å². The first kappa shape index (κ1) is 27.3. The molecule has 1 N–H and O–H groups in total. The predicted octanol–water partition coefficient (Wildman–Crippen LogP) is 6.71. The number of benzene rings is 2. The maximum atomic E-state index is 13.2. The zero-order valence-electron chi connectivity index (χ0n) is 20.5. The molecule has 0 aromatic heterocycles. The van der Waals surface area contributed by atoms with Crippen LogP contribution in [0.4, 0.5) is 0 Å². The average molecular weight is 517 g/mol. The lowest BCUT2D eigenvalue weighted by atomic mass is 9.95. The van der Waals surface area contributed by atoms with Gasteiger partial charge in [0.25, 0.3) is 11.7 Å². The van der Waals surface area contributed by atoms with E-state index in [0.717, 1.165) is 45.3 Å². The summed E-state index contributed by atoms with van der Waals surface area (Å²) in [4.78, 5) is 30.3. The summed E-state index contributed by atoms with van der Waals surface area (Å²) < 4.78 is 0. The number of carbonyl (C=O) groups is 2. The van der Waals surface area contributed by atoms with Gasteiger partial charge >= 0.3 is 0 Å². The largest absolute Gasteiger partial charge is 0.507 e. The molecule has 0 bridgehead atoms. The summed E-state index contributed by atoms with van der Waals surface area (Å²) in [6.07, 6.45) is 5.24. The van der Waals surface area contributed by atoms with Crippen molar-refractivity contribution in [3.63, 3.8) is 0 Å². The van der Waals surface area contributed by atoms with Crippen LogP contribution in [0.5, 0.6) is 0 Å². The molecule has 0 spiro atoms. The number of hydrogen-bond acceptors (Lipinski definition) is 4. The zero-order valence-corrected chi connectivity index (χ0v) is 22.0. The van der Waals surface area contributed by atoms with Crippen LogP contribution in [0.2, 0.25) is 10.0 Å². The van der Waals surface area contributed by atoms with E-state index >= 15 is 0 Å².